The number of aryl methyl sites for hydroxylation is 1. The van der Waals surface area contributed by atoms with Crippen molar-refractivity contribution in [2.24, 2.45) is 0 Å². The van der Waals surface area contributed by atoms with Crippen LogP contribution in [0.2, 0.25) is 0 Å². The maximum absolute atomic E-state index is 11.9. The van der Waals surface area contributed by atoms with Crippen LogP contribution in [0.5, 0.6) is 5.75 Å². The zero-order valence-electron chi connectivity index (χ0n) is 16.3. The lowest BCUT2D eigenvalue weighted by Gasteiger charge is -2.19. The number of carbonyl (C=O) groups is 1. The van der Waals surface area contributed by atoms with Crippen LogP contribution in [0.15, 0.2) is 42.5 Å². The average molecular weight is 406 g/mol. The van der Waals surface area contributed by atoms with Crippen LogP contribution in [-0.4, -0.2) is 32.4 Å². The van der Waals surface area contributed by atoms with E-state index in [0.29, 0.717) is 30.9 Å². The second-order valence-electron chi connectivity index (χ2n) is 6.71. The number of hydrogen-bond donors (Lipinski definition) is 2. The summed E-state index contributed by atoms with van der Waals surface area (Å²) in [5.41, 5.74) is 2.93. The van der Waals surface area contributed by atoms with Crippen LogP contribution in [0.4, 0.5) is 5.69 Å². The Bertz CT molecular complexity index is 895. The Balaban J connectivity index is 2.51. The van der Waals surface area contributed by atoms with Gasteiger partial charge in [0, 0.05) is 12.0 Å². The van der Waals surface area contributed by atoms with E-state index in [1.807, 2.05) is 36.4 Å². The molecule has 152 valence electrons. The first-order valence-electron chi connectivity index (χ1n) is 9.35. The normalized spacial score (nSPS) is 11.2. The minimum Gasteiger partial charge on any atom is -0.491 e. The fourth-order valence-electron chi connectivity index (χ4n) is 2.86. The van der Waals surface area contributed by atoms with Gasteiger partial charge in [0.05, 0.1) is 18.6 Å². The molecule has 0 bridgehead atoms. The molecule has 0 radical (unpaired) electrons. The van der Waals surface area contributed by atoms with Gasteiger partial charge in [0.2, 0.25) is 10.0 Å². The first kappa shape index (κ1) is 21.8. The Kier molecular flexibility index (Phi) is 7.87. The highest BCUT2D eigenvalue weighted by Gasteiger charge is 2.17. The van der Waals surface area contributed by atoms with Gasteiger partial charge in [-0.25, -0.2) is 8.42 Å². The van der Waals surface area contributed by atoms with E-state index in [1.165, 1.54) is 0 Å². The Hall–Kier alpha value is -2.54. The molecule has 0 atom stereocenters. The predicted octanol–water partition coefficient (Wildman–Crippen LogP) is 4.31. The van der Waals surface area contributed by atoms with Gasteiger partial charge in [-0.1, -0.05) is 43.7 Å². The topological polar surface area (TPSA) is 92.7 Å². The van der Waals surface area contributed by atoms with Crippen molar-refractivity contribution in [3.8, 4) is 16.9 Å². The van der Waals surface area contributed by atoms with Crippen molar-refractivity contribution in [2.45, 2.75) is 39.0 Å². The number of nitrogens with one attached hydrogen (secondary N) is 1. The summed E-state index contributed by atoms with van der Waals surface area (Å²) in [6, 6.07) is 13.3. The number of aliphatic carboxylic acids is 1. The lowest BCUT2D eigenvalue weighted by Crippen LogP contribution is -2.12. The molecule has 0 amide bonds. The van der Waals surface area contributed by atoms with Gasteiger partial charge < -0.3 is 9.84 Å². The maximum Gasteiger partial charge on any atom is 0.303 e. The number of carboxylic acid groups (broad SMARTS) is 1. The third-order valence-corrected chi connectivity index (χ3v) is 4.72. The van der Waals surface area contributed by atoms with Crippen LogP contribution in [0, 0.1) is 0 Å². The lowest BCUT2D eigenvalue weighted by molar-refractivity contribution is -0.137. The number of benzene rings is 2. The van der Waals surface area contributed by atoms with Gasteiger partial charge >= 0.3 is 5.97 Å². The molecule has 0 aromatic heterocycles. The zero-order chi connectivity index (χ0) is 20.6. The van der Waals surface area contributed by atoms with Gasteiger partial charge in [-0.05, 0) is 42.5 Å². The number of anilines is 1. The molecule has 6 nitrogen and oxygen atoms in total. The molecular weight excluding hydrogens is 378 g/mol. The van der Waals surface area contributed by atoms with Gasteiger partial charge in [-0.3, -0.25) is 9.52 Å². The number of rotatable bonds is 11. The molecule has 0 saturated heterocycles. The molecule has 2 aromatic carbocycles. The summed E-state index contributed by atoms with van der Waals surface area (Å²) in [6.45, 7) is 2.54. The molecule has 0 saturated carbocycles. The van der Waals surface area contributed by atoms with E-state index < -0.39 is 16.0 Å². The lowest BCUT2D eigenvalue weighted by atomic mass is 9.98. The molecule has 2 rings (SSSR count). The minimum atomic E-state index is -3.50. The highest BCUT2D eigenvalue weighted by molar-refractivity contribution is 7.92. The monoisotopic (exact) mass is 405 g/mol. The van der Waals surface area contributed by atoms with Crippen LogP contribution in [0.1, 0.15) is 38.2 Å². The molecule has 0 aliphatic heterocycles. The van der Waals surface area contributed by atoms with E-state index in [2.05, 4.69) is 11.6 Å². The van der Waals surface area contributed by atoms with Gasteiger partial charge in [-0.15, -0.1) is 0 Å². The van der Waals surface area contributed by atoms with Crippen molar-refractivity contribution < 1.29 is 23.1 Å². The first-order chi connectivity index (χ1) is 13.3. The molecule has 0 aliphatic rings. The molecular formula is C21H27NO5S. The van der Waals surface area contributed by atoms with Crippen molar-refractivity contribution in [3.05, 3.63) is 48.0 Å². The zero-order valence-corrected chi connectivity index (χ0v) is 17.1. The van der Waals surface area contributed by atoms with Crippen molar-refractivity contribution >= 4 is 21.7 Å². The predicted molar refractivity (Wildman–Crippen MR) is 111 cm³/mol. The second-order valence-corrected chi connectivity index (χ2v) is 8.46. The second kappa shape index (κ2) is 10.1. The van der Waals surface area contributed by atoms with E-state index >= 15 is 0 Å². The molecule has 7 heteroatoms. The van der Waals surface area contributed by atoms with Crippen LogP contribution in [0.3, 0.4) is 0 Å². The fraction of sp³-hybridized carbons (Fsp3) is 0.381. The van der Waals surface area contributed by atoms with Crippen LogP contribution in [-0.2, 0) is 21.2 Å². The van der Waals surface area contributed by atoms with Crippen LogP contribution < -0.4 is 9.46 Å². The highest BCUT2D eigenvalue weighted by Crippen LogP contribution is 2.39. The molecule has 28 heavy (non-hydrogen) atoms. The molecule has 0 spiro atoms. The Labute approximate surface area is 166 Å². The van der Waals surface area contributed by atoms with E-state index in [1.54, 1.807) is 6.07 Å². The van der Waals surface area contributed by atoms with Gasteiger partial charge in [0.1, 0.15) is 0 Å². The third-order valence-electron chi connectivity index (χ3n) is 4.13. The molecule has 2 N–H and O–H groups in total. The summed E-state index contributed by atoms with van der Waals surface area (Å²) in [5, 5.41) is 8.88. The standard InChI is InChI=1S/C21H27NO5S/c1-3-4-13-27-21-18(17-10-6-5-7-11-17)14-16(9-8-12-20(23)24)15-19(21)22-28(2,25)26/h5-7,10-11,14-15,22H,3-4,8-9,12-13H2,1-2H3,(H,23,24). The summed E-state index contributed by atoms with van der Waals surface area (Å²) in [7, 11) is -3.50. The van der Waals surface area contributed by atoms with E-state index in [9.17, 15) is 13.2 Å². The number of sulfonamides is 1. The number of hydrogen-bond acceptors (Lipinski definition) is 4. The number of unbranched alkanes of at least 4 members (excludes halogenated alkanes) is 1. The summed E-state index contributed by atoms with van der Waals surface area (Å²) >= 11 is 0. The molecule has 0 unspecified atom stereocenters. The van der Waals surface area contributed by atoms with Crippen LogP contribution >= 0.6 is 0 Å². The molecule has 0 fully saturated rings. The van der Waals surface area contributed by atoms with Crippen LogP contribution in [0.25, 0.3) is 11.1 Å². The Morgan fingerprint density at radius 2 is 1.86 bits per heavy atom. The molecule has 0 heterocycles. The van der Waals surface area contributed by atoms with Gasteiger partial charge in [-0.2, -0.15) is 0 Å². The minimum absolute atomic E-state index is 0.0598. The average Bonchev–Trinajstić information content (AvgIpc) is 2.62. The van der Waals surface area contributed by atoms with E-state index in [0.717, 1.165) is 35.8 Å². The smallest absolute Gasteiger partial charge is 0.303 e. The Morgan fingerprint density at radius 3 is 2.46 bits per heavy atom. The highest BCUT2D eigenvalue weighted by atomic mass is 32.2. The first-order valence-corrected chi connectivity index (χ1v) is 11.2. The largest absolute Gasteiger partial charge is 0.491 e. The summed E-state index contributed by atoms with van der Waals surface area (Å²) in [4.78, 5) is 10.8. The summed E-state index contributed by atoms with van der Waals surface area (Å²) in [5.74, 6) is -0.357. The van der Waals surface area contributed by atoms with Gasteiger partial charge in [0.15, 0.2) is 5.75 Å². The molecule has 2 aromatic rings. The van der Waals surface area contributed by atoms with Crippen molar-refractivity contribution in [1.29, 1.82) is 0 Å². The number of carboxylic acids is 1. The Morgan fingerprint density at radius 1 is 1.14 bits per heavy atom. The van der Waals surface area contributed by atoms with E-state index in [4.69, 9.17) is 9.84 Å². The van der Waals surface area contributed by atoms with Crippen molar-refractivity contribution in [2.75, 3.05) is 17.6 Å². The summed E-state index contributed by atoms with van der Waals surface area (Å²) in [6.07, 6.45) is 3.97. The third kappa shape index (κ3) is 6.88. The van der Waals surface area contributed by atoms with Crippen molar-refractivity contribution in [1.82, 2.24) is 0 Å². The fourth-order valence-corrected chi connectivity index (χ4v) is 3.41. The quantitative estimate of drug-likeness (QED) is 0.544. The number of ether oxygens (including phenoxy) is 1. The maximum atomic E-state index is 11.9. The van der Waals surface area contributed by atoms with Crippen molar-refractivity contribution in [3.63, 3.8) is 0 Å². The SMILES string of the molecule is CCCCOc1c(NS(C)(=O)=O)cc(CCCC(=O)O)cc1-c1ccccc1. The summed E-state index contributed by atoms with van der Waals surface area (Å²) < 4.78 is 32.3. The van der Waals surface area contributed by atoms with E-state index in [-0.39, 0.29) is 6.42 Å². The van der Waals surface area contributed by atoms with Gasteiger partial charge in [0.25, 0.3) is 0 Å². The molecule has 0 aliphatic carbocycles.